The minimum Gasteiger partial charge on any atom is -0.377 e. The third-order valence-electron chi connectivity index (χ3n) is 3.23. The Bertz CT molecular complexity index is 623. The van der Waals surface area contributed by atoms with Gasteiger partial charge in [0, 0.05) is 24.5 Å². The average molecular weight is 310 g/mol. The molecule has 2 heterocycles. The number of ether oxygens (including phenoxy) is 1. The number of non-ortho nitro benzene ring substituents is 1. The van der Waals surface area contributed by atoms with Crippen LogP contribution in [0.3, 0.4) is 0 Å². The number of hydrogen-bond acceptors (Lipinski definition) is 6. The van der Waals surface area contributed by atoms with Gasteiger partial charge in [0.1, 0.15) is 0 Å². The van der Waals surface area contributed by atoms with Crippen molar-refractivity contribution in [3.05, 3.63) is 28.3 Å². The fraction of sp³-hybridized carbons (Fsp3) is 0.462. The van der Waals surface area contributed by atoms with Gasteiger partial charge in [-0.05, 0) is 25.3 Å². The highest BCUT2D eigenvalue weighted by atomic mass is 32.2. The van der Waals surface area contributed by atoms with Crippen LogP contribution in [0.25, 0.3) is 10.2 Å². The molecular formula is C13H14N2O3S2. The standard InChI is InChI=1S/C13H14N2O3S2/c16-15(17)9-4-5-11-12(7-9)20-13(14-11)19-8-10-3-1-2-6-18-10/h4-5,7,10H,1-3,6,8H2/t10-/m0/s1. The average Bonchev–Trinajstić information content (AvgIpc) is 2.88. The summed E-state index contributed by atoms with van der Waals surface area (Å²) in [6, 6.07) is 4.81. The second-order valence-electron chi connectivity index (χ2n) is 4.69. The van der Waals surface area contributed by atoms with Gasteiger partial charge in [0.25, 0.3) is 5.69 Å². The first kappa shape index (κ1) is 13.8. The van der Waals surface area contributed by atoms with Crippen molar-refractivity contribution in [1.82, 2.24) is 4.98 Å². The quantitative estimate of drug-likeness (QED) is 0.487. The van der Waals surface area contributed by atoms with Gasteiger partial charge in [0.2, 0.25) is 0 Å². The Morgan fingerprint density at radius 2 is 2.40 bits per heavy atom. The number of benzene rings is 1. The predicted octanol–water partition coefficient (Wildman–Crippen LogP) is 3.87. The normalized spacial score (nSPS) is 19.3. The van der Waals surface area contributed by atoms with Crippen LogP contribution in [-0.2, 0) is 4.74 Å². The van der Waals surface area contributed by atoms with Gasteiger partial charge in [-0.25, -0.2) is 4.98 Å². The van der Waals surface area contributed by atoms with Gasteiger partial charge >= 0.3 is 0 Å². The maximum Gasteiger partial charge on any atom is 0.270 e. The highest BCUT2D eigenvalue weighted by Crippen LogP contribution is 2.33. The maximum atomic E-state index is 10.8. The number of aromatic nitrogens is 1. The van der Waals surface area contributed by atoms with E-state index in [1.807, 2.05) is 0 Å². The zero-order chi connectivity index (χ0) is 13.9. The van der Waals surface area contributed by atoms with E-state index in [1.165, 1.54) is 23.8 Å². The Balaban J connectivity index is 1.70. The molecule has 1 aliphatic rings. The number of thiazole rings is 1. The van der Waals surface area contributed by atoms with Gasteiger partial charge in [-0.1, -0.05) is 11.8 Å². The van der Waals surface area contributed by atoms with Gasteiger partial charge in [0.15, 0.2) is 4.34 Å². The van der Waals surface area contributed by atoms with E-state index in [0.717, 1.165) is 39.8 Å². The van der Waals surface area contributed by atoms with Gasteiger partial charge in [-0.3, -0.25) is 10.1 Å². The van der Waals surface area contributed by atoms with Crippen molar-refractivity contribution < 1.29 is 9.66 Å². The van der Waals surface area contributed by atoms with Crippen molar-refractivity contribution in [1.29, 1.82) is 0 Å². The van der Waals surface area contributed by atoms with Crippen LogP contribution in [0.1, 0.15) is 19.3 Å². The molecule has 0 saturated carbocycles. The van der Waals surface area contributed by atoms with E-state index in [-0.39, 0.29) is 10.6 Å². The summed E-state index contributed by atoms with van der Waals surface area (Å²) < 4.78 is 7.51. The molecule has 0 spiro atoms. The van der Waals surface area contributed by atoms with Crippen LogP contribution in [0.2, 0.25) is 0 Å². The molecule has 0 unspecified atom stereocenters. The summed E-state index contributed by atoms with van der Waals surface area (Å²) in [4.78, 5) is 14.9. The van der Waals surface area contributed by atoms with Gasteiger partial charge in [-0.2, -0.15) is 0 Å². The molecule has 1 atom stereocenters. The van der Waals surface area contributed by atoms with Crippen molar-refractivity contribution in [2.45, 2.75) is 29.7 Å². The van der Waals surface area contributed by atoms with Crippen molar-refractivity contribution in [2.24, 2.45) is 0 Å². The molecular weight excluding hydrogens is 296 g/mol. The fourth-order valence-corrected chi connectivity index (χ4v) is 4.36. The molecule has 2 aromatic rings. The zero-order valence-electron chi connectivity index (χ0n) is 10.8. The van der Waals surface area contributed by atoms with Crippen LogP contribution in [0.15, 0.2) is 22.5 Å². The maximum absolute atomic E-state index is 10.8. The summed E-state index contributed by atoms with van der Waals surface area (Å²) in [5.41, 5.74) is 0.945. The summed E-state index contributed by atoms with van der Waals surface area (Å²) in [6.07, 6.45) is 3.82. The van der Waals surface area contributed by atoms with E-state index in [4.69, 9.17) is 4.74 Å². The molecule has 5 nitrogen and oxygen atoms in total. The molecule has 1 aromatic carbocycles. The monoisotopic (exact) mass is 310 g/mol. The van der Waals surface area contributed by atoms with E-state index < -0.39 is 0 Å². The van der Waals surface area contributed by atoms with Crippen LogP contribution >= 0.6 is 23.1 Å². The smallest absolute Gasteiger partial charge is 0.270 e. The summed E-state index contributed by atoms with van der Waals surface area (Å²) in [6.45, 7) is 0.858. The number of nitrogens with zero attached hydrogens (tertiary/aromatic N) is 2. The molecule has 0 N–H and O–H groups in total. The molecule has 1 aliphatic heterocycles. The van der Waals surface area contributed by atoms with Gasteiger partial charge < -0.3 is 4.74 Å². The third kappa shape index (κ3) is 3.11. The van der Waals surface area contributed by atoms with E-state index in [1.54, 1.807) is 23.9 Å². The largest absolute Gasteiger partial charge is 0.377 e. The van der Waals surface area contributed by atoms with E-state index in [9.17, 15) is 10.1 Å². The predicted molar refractivity (Wildman–Crippen MR) is 80.6 cm³/mol. The highest BCUT2D eigenvalue weighted by Gasteiger charge is 2.16. The zero-order valence-corrected chi connectivity index (χ0v) is 12.4. The molecule has 106 valence electrons. The Morgan fingerprint density at radius 1 is 1.50 bits per heavy atom. The number of rotatable bonds is 4. The van der Waals surface area contributed by atoms with Gasteiger partial charge in [-0.15, -0.1) is 11.3 Å². The number of thioether (sulfide) groups is 1. The molecule has 1 aromatic heterocycles. The van der Waals surface area contributed by atoms with E-state index in [2.05, 4.69) is 4.98 Å². The number of fused-ring (bicyclic) bond motifs is 1. The molecule has 1 saturated heterocycles. The molecule has 0 bridgehead atoms. The minimum atomic E-state index is -0.373. The van der Waals surface area contributed by atoms with Crippen molar-refractivity contribution in [3.63, 3.8) is 0 Å². The first-order valence-electron chi connectivity index (χ1n) is 6.52. The second kappa shape index (κ2) is 6.07. The number of nitro benzene ring substituents is 1. The summed E-state index contributed by atoms with van der Waals surface area (Å²) in [5, 5.41) is 10.8. The number of nitro groups is 1. The molecule has 0 radical (unpaired) electrons. The lowest BCUT2D eigenvalue weighted by Gasteiger charge is -2.21. The van der Waals surface area contributed by atoms with Crippen LogP contribution in [0.4, 0.5) is 5.69 Å². The Labute approximate surface area is 124 Å². The lowest BCUT2D eigenvalue weighted by Crippen LogP contribution is -2.21. The van der Waals surface area contributed by atoms with Crippen LogP contribution in [0, 0.1) is 10.1 Å². The third-order valence-corrected chi connectivity index (χ3v) is 5.52. The molecule has 0 aliphatic carbocycles. The first-order chi connectivity index (χ1) is 9.72. The van der Waals surface area contributed by atoms with E-state index in [0.29, 0.717) is 6.10 Å². The minimum absolute atomic E-state index is 0.119. The Hall–Kier alpha value is -1.18. The van der Waals surface area contributed by atoms with Crippen molar-refractivity contribution >= 4 is 39.0 Å². The Kier molecular flexibility index (Phi) is 4.18. The fourth-order valence-electron chi connectivity index (χ4n) is 2.17. The lowest BCUT2D eigenvalue weighted by atomic mass is 10.1. The SMILES string of the molecule is O=[N+]([O-])c1ccc2nc(SC[C@@H]3CCCCO3)sc2c1. The van der Waals surface area contributed by atoms with Crippen LogP contribution in [0.5, 0.6) is 0 Å². The molecule has 7 heteroatoms. The van der Waals surface area contributed by atoms with Crippen molar-refractivity contribution in [3.8, 4) is 0 Å². The summed E-state index contributed by atoms with van der Waals surface area (Å²) in [5.74, 6) is 0.905. The molecule has 3 rings (SSSR count). The van der Waals surface area contributed by atoms with E-state index >= 15 is 0 Å². The first-order valence-corrected chi connectivity index (χ1v) is 8.32. The molecule has 1 fully saturated rings. The van der Waals surface area contributed by atoms with Crippen LogP contribution < -0.4 is 0 Å². The Morgan fingerprint density at radius 3 is 3.15 bits per heavy atom. The topological polar surface area (TPSA) is 65.3 Å². The van der Waals surface area contributed by atoms with Crippen molar-refractivity contribution in [2.75, 3.05) is 12.4 Å². The second-order valence-corrected chi connectivity index (χ2v) is 6.99. The van der Waals surface area contributed by atoms with Gasteiger partial charge in [0.05, 0.1) is 21.2 Å². The molecule has 0 amide bonds. The summed E-state index contributed by atoms with van der Waals surface area (Å²) in [7, 11) is 0. The van der Waals surface area contributed by atoms with Crippen LogP contribution in [-0.4, -0.2) is 28.4 Å². The lowest BCUT2D eigenvalue weighted by molar-refractivity contribution is -0.384. The summed E-state index contributed by atoms with van der Waals surface area (Å²) >= 11 is 3.19. The highest BCUT2D eigenvalue weighted by molar-refractivity contribution is 8.01. The number of hydrogen-bond donors (Lipinski definition) is 0. The molecule has 20 heavy (non-hydrogen) atoms.